The third-order valence-electron chi connectivity index (χ3n) is 9.89. The SMILES string of the molecule is CC12CCC(COC34CCC(C5CCC(O)CC5)(CC3)C(F)=C4F)(CC1)CC2. The van der Waals surface area contributed by atoms with Gasteiger partial charge in [0.1, 0.15) is 11.4 Å². The van der Waals surface area contributed by atoms with E-state index in [1.54, 1.807) is 0 Å². The maximum absolute atomic E-state index is 15.4. The van der Waals surface area contributed by atoms with Crippen LogP contribution in [0.15, 0.2) is 11.7 Å². The number of rotatable bonds is 4. The van der Waals surface area contributed by atoms with Gasteiger partial charge in [-0.25, -0.2) is 8.78 Å². The molecule has 28 heavy (non-hydrogen) atoms. The topological polar surface area (TPSA) is 29.5 Å². The van der Waals surface area contributed by atoms with Crippen LogP contribution in [-0.4, -0.2) is 23.4 Å². The van der Waals surface area contributed by atoms with Crippen LogP contribution in [0, 0.1) is 22.2 Å². The number of hydrogen-bond acceptors (Lipinski definition) is 2. The molecule has 4 heteroatoms. The molecule has 0 aromatic carbocycles. The number of halogens is 2. The van der Waals surface area contributed by atoms with E-state index in [9.17, 15) is 5.11 Å². The quantitative estimate of drug-likeness (QED) is 0.600. The summed E-state index contributed by atoms with van der Waals surface area (Å²) in [7, 11) is 0. The van der Waals surface area contributed by atoms with Gasteiger partial charge in [0, 0.05) is 5.41 Å². The van der Waals surface area contributed by atoms with E-state index < -0.39 is 22.7 Å². The van der Waals surface area contributed by atoms with E-state index >= 15 is 8.78 Å². The molecule has 7 rings (SSSR count). The summed E-state index contributed by atoms with van der Waals surface area (Å²) in [5.41, 5.74) is -0.896. The number of aliphatic hydroxyl groups is 1. The van der Waals surface area contributed by atoms with E-state index in [0.29, 0.717) is 37.7 Å². The Morgan fingerprint density at radius 3 is 1.96 bits per heavy atom. The van der Waals surface area contributed by atoms with Crippen LogP contribution in [-0.2, 0) is 4.74 Å². The Bertz CT molecular complexity index is 629. The fourth-order valence-corrected chi connectivity index (χ4v) is 7.34. The summed E-state index contributed by atoms with van der Waals surface area (Å²) >= 11 is 0. The van der Waals surface area contributed by atoms with E-state index in [-0.39, 0.29) is 17.4 Å². The molecule has 7 aliphatic carbocycles. The van der Waals surface area contributed by atoms with Crippen molar-refractivity contribution >= 4 is 0 Å². The van der Waals surface area contributed by atoms with Crippen molar-refractivity contribution in [2.45, 2.75) is 109 Å². The summed E-state index contributed by atoms with van der Waals surface area (Å²) in [6.45, 7) is 3.01. The van der Waals surface area contributed by atoms with Crippen molar-refractivity contribution in [1.29, 1.82) is 0 Å². The highest BCUT2D eigenvalue weighted by Crippen LogP contribution is 2.64. The molecule has 4 bridgehead atoms. The van der Waals surface area contributed by atoms with Gasteiger partial charge >= 0.3 is 0 Å². The first kappa shape index (κ1) is 19.5. The van der Waals surface area contributed by atoms with Crippen LogP contribution in [0.2, 0.25) is 0 Å². The molecule has 1 N–H and O–H groups in total. The zero-order valence-corrected chi connectivity index (χ0v) is 17.4. The lowest BCUT2D eigenvalue weighted by Crippen LogP contribution is -2.53. The Kier molecular flexibility index (Phi) is 4.53. The second-order valence-corrected chi connectivity index (χ2v) is 11.4. The van der Waals surface area contributed by atoms with Crippen LogP contribution >= 0.6 is 0 Å². The van der Waals surface area contributed by atoms with Crippen molar-refractivity contribution < 1.29 is 18.6 Å². The lowest BCUT2D eigenvalue weighted by Gasteiger charge is -2.56. The summed E-state index contributed by atoms with van der Waals surface area (Å²) in [6, 6.07) is 0. The molecule has 5 saturated carbocycles. The molecule has 0 unspecified atom stereocenters. The fraction of sp³-hybridized carbons (Fsp3) is 0.917. The number of aliphatic hydroxyl groups excluding tert-OH is 1. The van der Waals surface area contributed by atoms with Crippen LogP contribution < -0.4 is 0 Å². The van der Waals surface area contributed by atoms with Crippen molar-refractivity contribution in [3.8, 4) is 0 Å². The monoisotopic (exact) mass is 394 g/mol. The molecule has 2 nitrogen and oxygen atoms in total. The Morgan fingerprint density at radius 2 is 1.39 bits per heavy atom. The lowest BCUT2D eigenvalue weighted by atomic mass is 9.53. The molecule has 0 aliphatic heterocycles. The van der Waals surface area contributed by atoms with Crippen LogP contribution in [0.1, 0.15) is 96.8 Å². The smallest absolute Gasteiger partial charge is 0.164 e. The predicted molar refractivity (Wildman–Crippen MR) is 105 cm³/mol. The minimum atomic E-state index is -0.993. The van der Waals surface area contributed by atoms with Crippen molar-refractivity contribution in [2.75, 3.05) is 6.61 Å². The number of allylic oxidation sites excluding steroid dienone is 1. The van der Waals surface area contributed by atoms with Gasteiger partial charge in [-0.05, 0) is 107 Å². The maximum atomic E-state index is 15.4. The van der Waals surface area contributed by atoms with Crippen LogP contribution in [0.3, 0.4) is 0 Å². The van der Waals surface area contributed by atoms with Crippen molar-refractivity contribution in [1.82, 2.24) is 0 Å². The third kappa shape index (κ3) is 2.84. The molecule has 0 heterocycles. The second kappa shape index (κ2) is 6.51. The van der Waals surface area contributed by atoms with Gasteiger partial charge in [0.15, 0.2) is 5.83 Å². The highest BCUT2D eigenvalue weighted by molar-refractivity contribution is 5.30. The van der Waals surface area contributed by atoms with Gasteiger partial charge in [0.2, 0.25) is 0 Å². The van der Waals surface area contributed by atoms with Crippen molar-refractivity contribution in [3.05, 3.63) is 11.7 Å². The molecule has 5 fully saturated rings. The Balaban J connectivity index is 1.32. The standard InChI is InChI=1S/C24H36F2O2/c1-21-6-9-22(10-7-21,11-8-21)16-28-24-14-12-23(13-15-24,19(25)20(24)26)17-2-4-18(27)5-3-17/h17-18,27H,2-16H2,1H3. The first-order valence-electron chi connectivity index (χ1n) is 11.7. The van der Waals surface area contributed by atoms with E-state index in [4.69, 9.17) is 4.74 Å². The molecule has 7 aliphatic rings. The van der Waals surface area contributed by atoms with Crippen molar-refractivity contribution in [3.63, 3.8) is 0 Å². The number of hydrogen-bond donors (Lipinski definition) is 1. The third-order valence-corrected chi connectivity index (χ3v) is 9.89. The predicted octanol–water partition coefficient (Wildman–Crippen LogP) is 6.38. The first-order valence-corrected chi connectivity index (χ1v) is 11.7. The van der Waals surface area contributed by atoms with Crippen molar-refractivity contribution in [2.24, 2.45) is 22.2 Å². The summed E-state index contributed by atoms with van der Waals surface area (Å²) in [5, 5.41) is 9.81. The summed E-state index contributed by atoms with van der Waals surface area (Å²) < 4.78 is 37.2. The molecular weight excluding hydrogens is 358 g/mol. The first-order chi connectivity index (χ1) is 13.3. The highest BCUT2D eigenvalue weighted by Gasteiger charge is 2.60. The second-order valence-electron chi connectivity index (χ2n) is 11.4. The van der Waals surface area contributed by atoms with E-state index in [1.165, 1.54) is 38.5 Å². The molecule has 0 aromatic heterocycles. The van der Waals surface area contributed by atoms with Gasteiger partial charge in [0.05, 0.1) is 12.7 Å². The Morgan fingerprint density at radius 1 is 0.821 bits per heavy atom. The fourth-order valence-electron chi connectivity index (χ4n) is 7.34. The van der Waals surface area contributed by atoms with Crippen LogP contribution in [0.4, 0.5) is 8.78 Å². The average molecular weight is 395 g/mol. The summed E-state index contributed by atoms with van der Waals surface area (Å²) in [5.74, 6) is -0.902. The lowest BCUT2D eigenvalue weighted by molar-refractivity contribution is -0.154. The van der Waals surface area contributed by atoms with Gasteiger partial charge in [-0.3, -0.25) is 0 Å². The van der Waals surface area contributed by atoms with Crippen LogP contribution in [0.25, 0.3) is 0 Å². The number of ether oxygens (including phenoxy) is 1. The minimum Gasteiger partial charge on any atom is -0.393 e. The molecule has 0 saturated heterocycles. The number of fused-ring (bicyclic) bond motifs is 5. The van der Waals surface area contributed by atoms with Gasteiger partial charge in [-0.15, -0.1) is 0 Å². The largest absolute Gasteiger partial charge is 0.393 e. The molecule has 0 radical (unpaired) electrons. The zero-order chi connectivity index (χ0) is 19.6. The minimum absolute atomic E-state index is 0.174. The maximum Gasteiger partial charge on any atom is 0.164 e. The Hall–Kier alpha value is -0.480. The molecule has 0 amide bonds. The normalized spacial score (nSPS) is 51.0. The molecule has 0 spiro atoms. The zero-order valence-electron chi connectivity index (χ0n) is 17.4. The van der Waals surface area contributed by atoms with E-state index in [0.717, 1.165) is 25.7 Å². The van der Waals surface area contributed by atoms with E-state index in [2.05, 4.69) is 6.92 Å². The van der Waals surface area contributed by atoms with Gasteiger partial charge in [0.25, 0.3) is 0 Å². The molecule has 0 atom stereocenters. The Labute approximate surface area is 168 Å². The van der Waals surface area contributed by atoms with E-state index in [1.807, 2.05) is 0 Å². The van der Waals surface area contributed by atoms with Gasteiger partial charge in [-0.1, -0.05) is 6.92 Å². The molecular formula is C24H36F2O2. The van der Waals surface area contributed by atoms with Gasteiger partial charge in [-0.2, -0.15) is 0 Å². The van der Waals surface area contributed by atoms with Gasteiger partial charge < -0.3 is 9.84 Å². The molecule has 158 valence electrons. The van der Waals surface area contributed by atoms with Crippen LogP contribution in [0.5, 0.6) is 0 Å². The highest BCUT2D eigenvalue weighted by atomic mass is 19.2. The average Bonchev–Trinajstić information content (AvgIpc) is 2.73. The summed E-state index contributed by atoms with van der Waals surface area (Å²) in [6.07, 6.45) is 12.8. The summed E-state index contributed by atoms with van der Waals surface area (Å²) in [4.78, 5) is 0. The molecule has 0 aromatic rings.